The number of non-ortho nitro benzene ring substituents is 1. The topological polar surface area (TPSA) is 75.4 Å². The van der Waals surface area contributed by atoms with E-state index in [0.29, 0.717) is 5.69 Å². The van der Waals surface area contributed by atoms with Crippen LogP contribution in [0.2, 0.25) is 0 Å². The quantitative estimate of drug-likeness (QED) is 0.646. The van der Waals surface area contributed by atoms with Crippen LogP contribution in [0.15, 0.2) is 46.9 Å². The molecule has 0 radical (unpaired) electrons. The minimum atomic E-state index is -0.434. The fourth-order valence-electron chi connectivity index (χ4n) is 1.85. The lowest BCUT2D eigenvalue weighted by molar-refractivity contribution is -0.384. The van der Waals surface area contributed by atoms with Crippen molar-refractivity contribution in [3.05, 3.63) is 62.6 Å². The predicted octanol–water partition coefficient (Wildman–Crippen LogP) is 4.24. The van der Waals surface area contributed by atoms with Crippen LogP contribution in [-0.2, 0) is 0 Å². The van der Waals surface area contributed by atoms with Crippen LogP contribution >= 0.6 is 15.9 Å². The molecular weight excluding hydrogens is 324 g/mol. The van der Waals surface area contributed by atoms with Gasteiger partial charge in [-0.3, -0.25) is 10.1 Å². The molecule has 104 valence electrons. The van der Waals surface area contributed by atoms with Gasteiger partial charge in [-0.15, -0.1) is 0 Å². The smallest absolute Gasteiger partial charge is 0.271 e. The maximum Gasteiger partial charge on any atom is 0.271 e. The van der Waals surface area contributed by atoms with Crippen LogP contribution in [0.3, 0.4) is 0 Å². The molecule has 0 aromatic heterocycles. The van der Waals surface area contributed by atoms with Crippen molar-refractivity contribution in [3.8, 4) is 5.75 Å². The molecule has 0 aliphatic rings. The van der Waals surface area contributed by atoms with Gasteiger partial charge in [-0.05, 0) is 46.6 Å². The van der Waals surface area contributed by atoms with Gasteiger partial charge in [0, 0.05) is 22.6 Å². The molecule has 6 heteroatoms. The Morgan fingerprint density at radius 3 is 2.70 bits per heavy atom. The van der Waals surface area contributed by atoms with E-state index in [0.717, 1.165) is 10.0 Å². The van der Waals surface area contributed by atoms with Gasteiger partial charge in [-0.2, -0.15) is 0 Å². The second-order valence-corrected chi connectivity index (χ2v) is 5.24. The lowest BCUT2D eigenvalue weighted by Gasteiger charge is -2.17. The number of halogens is 1. The zero-order valence-corrected chi connectivity index (χ0v) is 12.3. The van der Waals surface area contributed by atoms with Crippen molar-refractivity contribution in [2.75, 3.05) is 5.32 Å². The van der Waals surface area contributed by atoms with Gasteiger partial charge >= 0.3 is 0 Å². The molecule has 0 saturated carbocycles. The second kappa shape index (κ2) is 5.92. The van der Waals surface area contributed by atoms with Crippen LogP contribution in [0.5, 0.6) is 5.75 Å². The summed E-state index contributed by atoms with van der Waals surface area (Å²) in [6.45, 7) is 1.92. The van der Waals surface area contributed by atoms with E-state index in [1.54, 1.807) is 24.3 Å². The molecule has 2 N–H and O–H groups in total. The van der Waals surface area contributed by atoms with Crippen LogP contribution in [0, 0.1) is 10.1 Å². The summed E-state index contributed by atoms with van der Waals surface area (Å²) in [6, 6.07) is 11.3. The summed E-state index contributed by atoms with van der Waals surface area (Å²) in [5, 5.41) is 23.5. The van der Waals surface area contributed by atoms with E-state index in [9.17, 15) is 15.2 Å². The van der Waals surface area contributed by atoms with Crippen LogP contribution in [-0.4, -0.2) is 10.0 Å². The molecule has 0 amide bonds. The predicted molar refractivity (Wildman–Crippen MR) is 80.9 cm³/mol. The van der Waals surface area contributed by atoms with Crippen molar-refractivity contribution < 1.29 is 10.0 Å². The normalized spacial score (nSPS) is 11.9. The van der Waals surface area contributed by atoms with Gasteiger partial charge in [-0.25, -0.2) is 0 Å². The summed E-state index contributed by atoms with van der Waals surface area (Å²) in [5.74, 6) is 0.189. The number of nitrogens with one attached hydrogen (secondary N) is 1. The number of hydrogen-bond donors (Lipinski definition) is 2. The number of phenolic OH excluding ortho intramolecular Hbond substituents is 1. The Balaban J connectivity index is 2.25. The third kappa shape index (κ3) is 3.27. The summed E-state index contributed by atoms with van der Waals surface area (Å²) < 4.78 is 0.745. The second-order valence-electron chi connectivity index (χ2n) is 4.38. The number of nitrogens with zero attached hydrogens (tertiary/aromatic N) is 1. The number of nitro groups is 1. The number of nitro benzene ring substituents is 1. The molecule has 0 saturated heterocycles. The molecule has 0 spiro atoms. The monoisotopic (exact) mass is 336 g/mol. The molecule has 20 heavy (non-hydrogen) atoms. The van der Waals surface area contributed by atoms with Crippen molar-refractivity contribution in [3.63, 3.8) is 0 Å². The van der Waals surface area contributed by atoms with Crippen molar-refractivity contribution in [2.45, 2.75) is 13.0 Å². The maximum atomic E-state index is 10.8. The molecule has 0 fully saturated rings. The lowest BCUT2D eigenvalue weighted by Crippen LogP contribution is -2.07. The Labute approximate surface area is 124 Å². The van der Waals surface area contributed by atoms with E-state index in [2.05, 4.69) is 21.2 Å². The fourth-order valence-corrected chi connectivity index (χ4v) is 2.21. The van der Waals surface area contributed by atoms with Gasteiger partial charge in [0.2, 0.25) is 0 Å². The molecule has 5 nitrogen and oxygen atoms in total. The minimum Gasteiger partial charge on any atom is -0.508 e. The first-order valence-corrected chi connectivity index (χ1v) is 6.76. The van der Waals surface area contributed by atoms with E-state index in [1.807, 2.05) is 13.0 Å². The van der Waals surface area contributed by atoms with Crippen molar-refractivity contribution in [1.29, 1.82) is 0 Å². The van der Waals surface area contributed by atoms with Crippen LogP contribution < -0.4 is 5.32 Å². The van der Waals surface area contributed by atoms with E-state index in [-0.39, 0.29) is 17.5 Å². The molecule has 1 unspecified atom stereocenters. The highest BCUT2D eigenvalue weighted by Gasteiger charge is 2.12. The third-order valence-electron chi connectivity index (χ3n) is 2.90. The van der Waals surface area contributed by atoms with Gasteiger partial charge in [0.25, 0.3) is 5.69 Å². The Bertz CT molecular complexity index is 646. The molecular formula is C14H13BrN2O3. The molecule has 0 aliphatic carbocycles. The van der Waals surface area contributed by atoms with Crippen molar-refractivity contribution in [1.82, 2.24) is 0 Å². The van der Waals surface area contributed by atoms with Crippen molar-refractivity contribution in [2.24, 2.45) is 0 Å². The minimum absolute atomic E-state index is 0.0267. The number of rotatable bonds is 4. The van der Waals surface area contributed by atoms with Gasteiger partial charge < -0.3 is 10.4 Å². The number of hydrogen-bond acceptors (Lipinski definition) is 4. The molecule has 2 aromatic rings. The summed E-state index contributed by atoms with van der Waals surface area (Å²) in [6.07, 6.45) is 0. The average Bonchev–Trinajstić information content (AvgIpc) is 2.41. The highest BCUT2D eigenvalue weighted by Crippen LogP contribution is 2.30. The first kappa shape index (κ1) is 14.3. The molecule has 2 rings (SSSR count). The van der Waals surface area contributed by atoms with Crippen LogP contribution in [0.4, 0.5) is 11.4 Å². The van der Waals surface area contributed by atoms with E-state index in [1.165, 1.54) is 12.1 Å². The Hall–Kier alpha value is -2.08. The zero-order valence-electron chi connectivity index (χ0n) is 10.7. The van der Waals surface area contributed by atoms with Crippen molar-refractivity contribution >= 4 is 27.3 Å². The number of anilines is 1. The highest BCUT2D eigenvalue weighted by atomic mass is 79.9. The number of aromatic hydroxyl groups is 1. The van der Waals surface area contributed by atoms with Gasteiger partial charge in [0.1, 0.15) is 5.75 Å². The number of phenols is 1. The van der Waals surface area contributed by atoms with E-state index in [4.69, 9.17) is 0 Å². The lowest BCUT2D eigenvalue weighted by atomic mass is 10.1. The Kier molecular flexibility index (Phi) is 4.24. The van der Waals surface area contributed by atoms with Crippen LogP contribution in [0.25, 0.3) is 0 Å². The largest absolute Gasteiger partial charge is 0.508 e. The van der Waals surface area contributed by atoms with E-state index >= 15 is 0 Å². The summed E-state index contributed by atoms with van der Waals surface area (Å²) in [7, 11) is 0. The third-order valence-corrected chi connectivity index (χ3v) is 3.59. The molecule has 0 bridgehead atoms. The molecule has 0 heterocycles. The highest BCUT2D eigenvalue weighted by molar-refractivity contribution is 9.10. The number of benzene rings is 2. The fraction of sp³-hybridized carbons (Fsp3) is 0.143. The Morgan fingerprint density at radius 1 is 1.30 bits per heavy atom. The van der Waals surface area contributed by atoms with Crippen LogP contribution in [0.1, 0.15) is 18.5 Å². The summed E-state index contributed by atoms with van der Waals surface area (Å²) >= 11 is 3.36. The van der Waals surface area contributed by atoms with Gasteiger partial charge in [-0.1, -0.05) is 12.1 Å². The zero-order chi connectivity index (χ0) is 14.7. The van der Waals surface area contributed by atoms with Gasteiger partial charge in [0.15, 0.2) is 0 Å². The first-order valence-electron chi connectivity index (χ1n) is 5.97. The van der Waals surface area contributed by atoms with Gasteiger partial charge in [0.05, 0.1) is 10.6 Å². The average molecular weight is 337 g/mol. The maximum absolute atomic E-state index is 10.8. The summed E-state index contributed by atoms with van der Waals surface area (Å²) in [4.78, 5) is 10.4. The Morgan fingerprint density at radius 2 is 2.05 bits per heavy atom. The SMILES string of the molecule is CC(Nc1cc([N+](=O)[O-])ccc1Br)c1cccc(O)c1. The molecule has 1 atom stereocenters. The summed E-state index contributed by atoms with van der Waals surface area (Å²) in [5.41, 5.74) is 1.55. The molecule has 2 aromatic carbocycles. The van der Waals surface area contributed by atoms with E-state index < -0.39 is 4.92 Å². The standard InChI is InChI=1S/C14H13BrN2O3/c1-9(10-3-2-4-12(18)7-10)16-14-8-11(17(19)20)5-6-13(14)15/h2-9,16,18H,1H3. The molecule has 0 aliphatic heterocycles. The first-order chi connectivity index (χ1) is 9.47.